The molecule has 1 heterocycles. The average molecular weight is 326 g/mol. The van der Waals surface area contributed by atoms with Crippen molar-refractivity contribution < 1.29 is 4.74 Å². The molecule has 0 saturated heterocycles. The summed E-state index contributed by atoms with van der Waals surface area (Å²) in [5.41, 5.74) is 4.31. The molecule has 3 aromatic carbocycles. The number of methoxy groups -OCH3 is 1. The third-order valence-electron chi connectivity index (χ3n) is 4.20. The molecule has 0 unspecified atom stereocenters. The maximum absolute atomic E-state index is 5.19. The van der Waals surface area contributed by atoms with Crippen LogP contribution in [0.15, 0.2) is 90.1 Å². The van der Waals surface area contributed by atoms with Crippen LogP contribution in [0.2, 0.25) is 0 Å². The van der Waals surface area contributed by atoms with E-state index in [1.807, 2.05) is 36.5 Å². The molecule has 1 aromatic heterocycles. The van der Waals surface area contributed by atoms with E-state index in [2.05, 4.69) is 64.3 Å². The Morgan fingerprint density at radius 2 is 1.56 bits per heavy atom. The molecule has 0 saturated carbocycles. The largest absolute Gasteiger partial charge is 0.497 e. The van der Waals surface area contributed by atoms with Gasteiger partial charge in [0.25, 0.3) is 0 Å². The molecule has 0 spiro atoms. The van der Waals surface area contributed by atoms with Crippen molar-refractivity contribution in [1.82, 2.24) is 4.57 Å². The fourth-order valence-electron chi connectivity index (χ4n) is 2.92. The lowest BCUT2D eigenvalue weighted by Crippen LogP contribution is -1.90. The highest BCUT2D eigenvalue weighted by molar-refractivity contribution is 6.00. The summed E-state index contributed by atoms with van der Waals surface area (Å²) in [5.74, 6) is 0.833. The molecule has 0 fully saturated rings. The molecule has 122 valence electrons. The van der Waals surface area contributed by atoms with E-state index in [4.69, 9.17) is 4.74 Å². The minimum absolute atomic E-state index is 0.833. The van der Waals surface area contributed by atoms with Crippen LogP contribution in [-0.4, -0.2) is 17.9 Å². The summed E-state index contributed by atoms with van der Waals surface area (Å²) in [6.45, 7) is 0. The van der Waals surface area contributed by atoms with Crippen molar-refractivity contribution in [3.63, 3.8) is 0 Å². The van der Waals surface area contributed by atoms with Crippen LogP contribution in [0, 0.1) is 0 Å². The SMILES string of the molecule is COc1ccc(N=Cc2cn(-c3ccccc3)c3ccccc23)cc1. The summed E-state index contributed by atoms with van der Waals surface area (Å²) in [6.07, 6.45) is 4.05. The fraction of sp³-hybridized carbons (Fsp3) is 0.0455. The van der Waals surface area contributed by atoms with Gasteiger partial charge in [-0.3, -0.25) is 4.99 Å². The normalized spacial score (nSPS) is 11.2. The molecule has 0 radical (unpaired) electrons. The number of aliphatic imine (C=N–C) groups is 1. The Kier molecular flexibility index (Phi) is 4.05. The second-order valence-electron chi connectivity index (χ2n) is 5.76. The zero-order valence-corrected chi connectivity index (χ0v) is 14.0. The van der Waals surface area contributed by atoms with Crippen LogP contribution in [0.25, 0.3) is 16.6 Å². The molecule has 4 rings (SSSR count). The molecule has 0 atom stereocenters. The van der Waals surface area contributed by atoms with Gasteiger partial charge in [-0.15, -0.1) is 0 Å². The molecule has 4 aromatic rings. The maximum Gasteiger partial charge on any atom is 0.119 e. The van der Waals surface area contributed by atoms with E-state index in [0.29, 0.717) is 0 Å². The topological polar surface area (TPSA) is 26.5 Å². The molecule has 0 bridgehead atoms. The Labute approximate surface area is 146 Å². The monoisotopic (exact) mass is 326 g/mol. The number of fused-ring (bicyclic) bond motifs is 1. The average Bonchev–Trinajstić information content (AvgIpc) is 3.06. The minimum atomic E-state index is 0.833. The highest BCUT2D eigenvalue weighted by atomic mass is 16.5. The van der Waals surface area contributed by atoms with Crippen molar-refractivity contribution in [3.05, 3.63) is 90.6 Å². The summed E-state index contributed by atoms with van der Waals surface area (Å²) in [6, 6.07) is 26.5. The quantitative estimate of drug-likeness (QED) is 0.462. The standard InChI is InChI=1S/C22H18N2O/c1-25-20-13-11-18(12-14-20)23-15-17-16-24(19-7-3-2-4-8-19)22-10-6-5-9-21(17)22/h2-16H,1H3. The second-order valence-corrected chi connectivity index (χ2v) is 5.76. The number of hydrogen-bond acceptors (Lipinski definition) is 2. The van der Waals surface area contributed by atoms with Gasteiger partial charge in [-0.25, -0.2) is 0 Å². The Balaban J connectivity index is 1.76. The molecule has 0 N–H and O–H groups in total. The number of aromatic nitrogens is 1. The third kappa shape index (κ3) is 3.04. The summed E-state index contributed by atoms with van der Waals surface area (Å²) in [4.78, 5) is 4.62. The molecule has 25 heavy (non-hydrogen) atoms. The van der Waals surface area contributed by atoms with Crippen LogP contribution < -0.4 is 4.74 Å². The van der Waals surface area contributed by atoms with Crippen molar-refractivity contribution in [3.8, 4) is 11.4 Å². The molecule has 0 aliphatic rings. The van der Waals surface area contributed by atoms with E-state index >= 15 is 0 Å². The molecular formula is C22H18N2O. The number of benzene rings is 3. The van der Waals surface area contributed by atoms with E-state index in [0.717, 1.165) is 22.7 Å². The Hall–Kier alpha value is -3.33. The van der Waals surface area contributed by atoms with Crippen LogP contribution in [0.1, 0.15) is 5.56 Å². The van der Waals surface area contributed by atoms with Crippen molar-refractivity contribution in [2.45, 2.75) is 0 Å². The lowest BCUT2D eigenvalue weighted by Gasteiger charge is -2.04. The minimum Gasteiger partial charge on any atom is -0.497 e. The molecular weight excluding hydrogens is 308 g/mol. The van der Waals surface area contributed by atoms with Crippen molar-refractivity contribution in [1.29, 1.82) is 0 Å². The number of para-hydroxylation sites is 2. The zero-order chi connectivity index (χ0) is 17.1. The van der Waals surface area contributed by atoms with Crippen molar-refractivity contribution in [2.75, 3.05) is 7.11 Å². The maximum atomic E-state index is 5.19. The number of rotatable bonds is 4. The Bertz CT molecular complexity index is 1020. The predicted octanol–water partition coefficient (Wildman–Crippen LogP) is 5.39. The molecule has 0 amide bonds. The highest BCUT2D eigenvalue weighted by Crippen LogP contribution is 2.25. The number of ether oxygens (including phenoxy) is 1. The zero-order valence-electron chi connectivity index (χ0n) is 14.0. The molecule has 3 heteroatoms. The lowest BCUT2D eigenvalue weighted by molar-refractivity contribution is 0.415. The summed E-state index contributed by atoms with van der Waals surface area (Å²) in [5, 5.41) is 1.18. The van der Waals surface area contributed by atoms with Gasteiger partial charge >= 0.3 is 0 Å². The first-order valence-corrected chi connectivity index (χ1v) is 8.19. The van der Waals surface area contributed by atoms with Gasteiger partial charge in [0.1, 0.15) is 5.75 Å². The van der Waals surface area contributed by atoms with Crippen LogP contribution in [-0.2, 0) is 0 Å². The van der Waals surface area contributed by atoms with Gasteiger partial charge in [0.2, 0.25) is 0 Å². The summed E-state index contributed by atoms with van der Waals surface area (Å²) < 4.78 is 7.39. The van der Waals surface area contributed by atoms with Crippen LogP contribution in [0.3, 0.4) is 0 Å². The Morgan fingerprint density at radius 1 is 0.840 bits per heavy atom. The van der Waals surface area contributed by atoms with Crippen LogP contribution in [0.4, 0.5) is 5.69 Å². The number of nitrogens with zero attached hydrogens (tertiary/aromatic N) is 2. The van der Waals surface area contributed by atoms with Gasteiger partial charge in [0, 0.05) is 29.0 Å². The van der Waals surface area contributed by atoms with Crippen LogP contribution >= 0.6 is 0 Å². The summed E-state index contributed by atoms with van der Waals surface area (Å²) >= 11 is 0. The van der Waals surface area contributed by atoms with Crippen molar-refractivity contribution in [2.24, 2.45) is 4.99 Å². The van der Waals surface area contributed by atoms with Crippen molar-refractivity contribution >= 4 is 22.8 Å². The third-order valence-corrected chi connectivity index (χ3v) is 4.20. The van der Waals surface area contributed by atoms with Gasteiger partial charge in [-0.05, 0) is 42.5 Å². The Morgan fingerprint density at radius 3 is 2.32 bits per heavy atom. The van der Waals surface area contributed by atoms with Gasteiger partial charge < -0.3 is 9.30 Å². The molecule has 0 aliphatic carbocycles. The van der Waals surface area contributed by atoms with E-state index in [9.17, 15) is 0 Å². The fourth-order valence-corrected chi connectivity index (χ4v) is 2.92. The van der Waals surface area contributed by atoms with E-state index in [-0.39, 0.29) is 0 Å². The van der Waals surface area contributed by atoms with Gasteiger partial charge in [0.05, 0.1) is 18.3 Å². The predicted molar refractivity (Wildman–Crippen MR) is 104 cm³/mol. The first-order chi connectivity index (χ1) is 12.3. The highest BCUT2D eigenvalue weighted by Gasteiger charge is 2.07. The molecule has 0 aliphatic heterocycles. The molecule has 3 nitrogen and oxygen atoms in total. The van der Waals surface area contributed by atoms with Crippen LogP contribution in [0.5, 0.6) is 5.75 Å². The summed E-state index contributed by atoms with van der Waals surface area (Å²) in [7, 11) is 1.66. The van der Waals surface area contributed by atoms with Gasteiger partial charge in [-0.2, -0.15) is 0 Å². The van der Waals surface area contributed by atoms with Gasteiger partial charge in [0.15, 0.2) is 0 Å². The second kappa shape index (κ2) is 6.65. The van der Waals surface area contributed by atoms with E-state index in [1.165, 1.54) is 10.9 Å². The van der Waals surface area contributed by atoms with E-state index < -0.39 is 0 Å². The number of hydrogen-bond donors (Lipinski definition) is 0. The lowest BCUT2D eigenvalue weighted by atomic mass is 10.2. The van der Waals surface area contributed by atoms with E-state index in [1.54, 1.807) is 7.11 Å². The first-order valence-electron chi connectivity index (χ1n) is 8.19. The smallest absolute Gasteiger partial charge is 0.119 e. The first kappa shape index (κ1) is 15.2. The van der Waals surface area contributed by atoms with Gasteiger partial charge in [-0.1, -0.05) is 36.4 Å².